The van der Waals surface area contributed by atoms with Gasteiger partial charge in [0.05, 0.1) is 19.2 Å². The highest BCUT2D eigenvalue weighted by Gasteiger charge is 2.47. The third kappa shape index (κ3) is 7.80. The first-order chi connectivity index (χ1) is 15.0. The monoisotopic (exact) mass is 456 g/mol. The normalized spacial score (nSPS) is 21.3. The molecule has 1 rings (SSSR count). The van der Waals surface area contributed by atoms with Crippen LogP contribution in [0.1, 0.15) is 27.7 Å². The van der Waals surface area contributed by atoms with Gasteiger partial charge >= 0.3 is 23.9 Å². The van der Waals surface area contributed by atoms with Crippen LogP contribution < -0.4 is 5.32 Å². The molecule has 0 aromatic rings. The van der Waals surface area contributed by atoms with Crippen LogP contribution in [-0.4, -0.2) is 73.9 Å². The van der Waals surface area contributed by atoms with E-state index in [0.717, 1.165) is 34.0 Å². The molecule has 0 aromatic carbocycles. The number of azide groups is 1. The minimum atomic E-state index is -1.50. The Kier molecular flexibility index (Phi) is 9.96. The highest BCUT2D eigenvalue weighted by Crippen LogP contribution is 2.28. The summed E-state index contributed by atoms with van der Waals surface area (Å²) in [5.74, 6) is -4.27. The molecule has 0 aromatic heterocycles. The third-order valence-corrected chi connectivity index (χ3v) is 4.01. The predicted molar refractivity (Wildman–Crippen MR) is 103 cm³/mol. The summed E-state index contributed by atoms with van der Waals surface area (Å²) in [6.45, 7) is 3.87. The van der Waals surface area contributed by atoms with Crippen molar-refractivity contribution in [3.05, 3.63) is 22.3 Å². The van der Waals surface area contributed by atoms with Crippen molar-refractivity contribution in [3.63, 3.8) is 0 Å². The Balaban J connectivity index is 3.57. The molecule has 14 heteroatoms. The highest BCUT2D eigenvalue weighted by atomic mass is 16.6. The molecule has 0 unspecified atom stereocenters. The van der Waals surface area contributed by atoms with Gasteiger partial charge in [-0.25, -0.2) is 4.79 Å². The van der Waals surface area contributed by atoms with Gasteiger partial charge in [-0.2, -0.15) is 0 Å². The van der Waals surface area contributed by atoms with Crippen LogP contribution >= 0.6 is 0 Å². The molecule has 0 aliphatic carbocycles. The van der Waals surface area contributed by atoms with E-state index >= 15 is 0 Å². The first-order valence-electron chi connectivity index (χ1n) is 9.26. The second-order valence-corrected chi connectivity index (χ2v) is 6.55. The number of ether oxygens (including phenoxy) is 5. The van der Waals surface area contributed by atoms with E-state index in [4.69, 9.17) is 24.5 Å². The van der Waals surface area contributed by atoms with Crippen molar-refractivity contribution in [2.45, 2.75) is 58.1 Å². The Morgan fingerprint density at radius 3 is 2.22 bits per heavy atom. The number of carbonyl (C=O) groups is 5. The molecule has 1 N–H and O–H groups in total. The number of carbonyl (C=O) groups excluding carboxylic acids is 5. The zero-order chi connectivity index (χ0) is 24.4. The topological polar surface area (TPSA) is 192 Å². The van der Waals surface area contributed by atoms with Gasteiger partial charge in [-0.3, -0.25) is 19.2 Å². The molecule has 1 amide bonds. The number of nitrogens with zero attached hydrogens (tertiary/aromatic N) is 3. The van der Waals surface area contributed by atoms with Gasteiger partial charge in [-0.15, -0.1) is 0 Å². The first-order valence-corrected chi connectivity index (χ1v) is 9.26. The average molecular weight is 456 g/mol. The Bertz CT molecular complexity index is 836. The number of hydrogen-bond donors (Lipinski definition) is 1. The second-order valence-electron chi connectivity index (χ2n) is 6.55. The van der Waals surface area contributed by atoms with Gasteiger partial charge in [0.1, 0.15) is 6.61 Å². The quantitative estimate of drug-likeness (QED) is 0.163. The van der Waals surface area contributed by atoms with Gasteiger partial charge in [0, 0.05) is 32.6 Å². The number of hydrogen-bond acceptors (Lipinski definition) is 11. The van der Waals surface area contributed by atoms with E-state index in [1.807, 2.05) is 0 Å². The Hall–Kier alpha value is -3.80. The van der Waals surface area contributed by atoms with E-state index in [1.54, 1.807) is 0 Å². The smallest absolute Gasteiger partial charge is 0.372 e. The van der Waals surface area contributed by atoms with Crippen molar-refractivity contribution >= 4 is 29.8 Å². The van der Waals surface area contributed by atoms with E-state index in [-0.39, 0.29) is 0 Å². The van der Waals surface area contributed by atoms with Gasteiger partial charge in [0.2, 0.25) is 11.7 Å². The summed E-state index contributed by atoms with van der Waals surface area (Å²) in [6, 6.07) is -2.35. The fourth-order valence-corrected chi connectivity index (χ4v) is 2.92. The lowest BCUT2D eigenvalue weighted by atomic mass is 9.92. The molecule has 176 valence electrons. The molecule has 0 fully saturated rings. The molecule has 1 aliphatic heterocycles. The summed E-state index contributed by atoms with van der Waals surface area (Å²) < 4.78 is 25.6. The van der Waals surface area contributed by atoms with Crippen LogP contribution in [0, 0.1) is 0 Å². The molecule has 0 spiro atoms. The molecule has 0 bridgehead atoms. The van der Waals surface area contributed by atoms with E-state index in [2.05, 4.69) is 20.1 Å². The number of rotatable bonds is 9. The maximum Gasteiger partial charge on any atom is 0.372 e. The summed E-state index contributed by atoms with van der Waals surface area (Å²) in [5, 5.41) is 6.07. The summed E-state index contributed by atoms with van der Waals surface area (Å²) >= 11 is 0. The molecule has 14 nitrogen and oxygen atoms in total. The van der Waals surface area contributed by atoms with Crippen LogP contribution in [0.5, 0.6) is 0 Å². The zero-order valence-electron chi connectivity index (χ0n) is 18.1. The second kappa shape index (κ2) is 12.2. The Morgan fingerprint density at radius 2 is 1.75 bits per heavy atom. The van der Waals surface area contributed by atoms with Crippen LogP contribution in [0.25, 0.3) is 10.4 Å². The number of esters is 4. The van der Waals surface area contributed by atoms with Gasteiger partial charge in [-0.05, 0) is 11.6 Å². The predicted octanol–water partition coefficient (Wildman–Crippen LogP) is 0.0522. The van der Waals surface area contributed by atoms with Crippen LogP contribution in [0.2, 0.25) is 0 Å². The molecule has 0 radical (unpaired) electrons. The zero-order valence-corrected chi connectivity index (χ0v) is 18.1. The van der Waals surface area contributed by atoms with Crippen molar-refractivity contribution in [3.8, 4) is 0 Å². The first kappa shape index (κ1) is 26.2. The van der Waals surface area contributed by atoms with Crippen molar-refractivity contribution in [1.29, 1.82) is 0 Å². The lowest BCUT2D eigenvalue weighted by Gasteiger charge is -2.40. The van der Waals surface area contributed by atoms with Gasteiger partial charge in [-0.1, -0.05) is 5.11 Å². The number of nitrogens with one attached hydrogen (secondary N) is 1. The number of amides is 1. The van der Waals surface area contributed by atoms with Crippen LogP contribution in [-0.2, 0) is 47.7 Å². The summed E-state index contributed by atoms with van der Waals surface area (Å²) in [5.41, 5.74) is 8.94. The highest BCUT2D eigenvalue weighted by molar-refractivity contribution is 5.86. The maximum absolute atomic E-state index is 12.1. The summed E-state index contributed by atoms with van der Waals surface area (Å²) in [6.07, 6.45) is -3.19. The largest absolute Gasteiger partial charge is 0.477 e. The molecular weight excluding hydrogens is 432 g/mol. The van der Waals surface area contributed by atoms with Crippen LogP contribution in [0.4, 0.5) is 0 Å². The molecular formula is C18H24N4O10. The Labute approximate surface area is 182 Å². The summed E-state index contributed by atoms with van der Waals surface area (Å²) in [4.78, 5) is 61.4. The van der Waals surface area contributed by atoms with Crippen molar-refractivity contribution in [1.82, 2.24) is 5.32 Å². The molecule has 1 aliphatic rings. The van der Waals surface area contributed by atoms with E-state index in [9.17, 15) is 24.0 Å². The van der Waals surface area contributed by atoms with Crippen molar-refractivity contribution < 1.29 is 47.7 Å². The lowest BCUT2D eigenvalue weighted by molar-refractivity contribution is -0.187. The summed E-state index contributed by atoms with van der Waals surface area (Å²) in [7, 11) is 1.08. The van der Waals surface area contributed by atoms with Crippen molar-refractivity contribution in [2.24, 2.45) is 5.11 Å². The SMILES string of the molecule is COC(=O)C1=C[C@@H](N=[N+]=[N-])[C@@H](NC(C)=O)[C@H]([C@H](OC(C)=O)[C@@H](COC(C)=O)OC(C)=O)O1. The standard InChI is InChI=1S/C18H24N4O10/c1-8(23)20-15-12(21-22-19)6-13(18(27)28-5)32-17(15)16(31-11(4)26)14(30-10(3)25)7-29-9(2)24/h6,12,14-17H,7H2,1-5H3,(H,20,23)/t12-,14-,15-,16-,17-/m1/s1. The third-order valence-electron chi connectivity index (χ3n) is 4.01. The Morgan fingerprint density at radius 1 is 1.12 bits per heavy atom. The van der Waals surface area contributed by atoms with E-state index < -0.39 is 72.5 Å². The fraction of sp³-hybridized carbons (Fsp3) is 0.611. The van der Waals surface area contributed by atoms with Gasteiger partial charge in [0.25, 0.3) is 0 Å². The average Bonchev–Trinajstić information content (AvgIpc) is 2.69. The van der Waals surface area contributed by atoms with Gasteiger partial charge in [0.15, 0.2) is 18.3 Å². The molecule has 1 heterocycles. The van der Waals surface area contributed by atoms with E-state index in [0.29, 0.717) is 0 Å². The molecule has 0 saturated heterocycles. The van der Waals surface area contributed by atoms with E-state index in [1.165, 1.54) is 6.92 Å². The van der Waals surface area contributed by atoms with Gasteiger partial charge < -0.3 is 29.0 Å². The minimum Gasteiger partial charge on any atom is -0.477 e. The molecule has 5 atom stereocenters. The van der Waals surface area contributed by atoms with Crippen LogP contribution in [0.3, 0.4) is 0 Å². The van der Waals surface area contributed by atoms with Crippen molar-refractivity contribution in [2.75, 3.05) is 13.7 Å². The lowest BCUT2D eigenvalue weighted by Crippen LogP contribution is -2.61. The number of methoxy groups -OCH3 is 1. The van der Waals surface area contributed by atoms with Crippen LogP contribution in [0.15, 0.2) is 16.9 Å². The maximum atomic E-state index is 12.1. The fourth-order valence-electron chi connectivity index (χ4n) is 2.92. The molecule has 0 saturated carbocycles. The molecule has 32 heavy (non-hydrogen) atoms. The minimum absolute atomic E-state index is 0.400.